The maximum atomic E-state index is 13.2. The van der Waals surface area contributed by atoms with Gasteiger partial charge in [0.1, 0.15) is 0 Å². The number of methoxy groups -OCH3 is 1. The van der Waals surface area contributed by atoms with Crippen LogP contribution in [-0.4, -0.2) is 70.3 Å². The highest BCUT2D eigenvalue weighted by Crippen LogP contribution is 2.36. The lowest BCUT2D eigenvalue weighted by atomic mass is 9.96. The van der Waals surface area contributed by atoms with Gasteiger partial charge in [0, 0.05) is 31.4 Å². The lowest BCUT2D eigenvalue weighted by molar-refractivity contribution is -0.133. The smallest absolute Gasteiger partial charge is 0.230 e. The van der Waals surface area contributed by atoms with Crippen molar-refractivity contribution in [2.75, 3.05) is 31.6 Å². The van der Waals surface area contributed by atoms with Crippen molar-refractivity contribution in [1.29, 1.82) is 0 Å². The van der Waals surface area contributed by atoms with Crippen molar-refractivity contribution in [1.82, 2.24) is 25.5 Å². The summed E-state index contributed by atoms with van der Waals surface area (Å²) in [5, 5.41) is 13.9. The van der Waals surface area contributed by atoms with E-state index in [0.29, 0.717) is 12.4 Å². The zero-order chi connectivity index (χ0) is 23.3. The molecule has 9 nitrogen and oxygen atoms in total. The number of hydrogen-bond donors (Lipinski definition) is 1. The standard InChI is InChI=1S/C25H30N6O3/c1-33-22-11-10-19(15-23(22)34-21-8-5-9-21)30-12-13-31(25(32)16-24-26-28-29-27-24)20(17-30)14-18-6-3-2-4-7-18/h2-4,6-7,10-11,15,20-21H,5,8-9,12-14,16-17H2,1H3,(H,26,27,28,29). The Morgan fingerprint density at radius 3 is 2.68 bits per heavy atom. The first-order valence-electron chi connectivity index (χ1n) is 11.8. The molecule has 0 spiro atoms. The van der Waals surface area contributed by atoms with E-state index >= 15 is 0 Å². The highest BCUT2D eigenvalue weighted by Gasteiger charge is 2.32. The second-order valence-corrected chi connectivity index (χ2v) is 8.89. The van der Waals surface area contributed by atoms with Gasteiger partial charge in [-0.05, 0) is 43.4 Å². The summed E-state index contributed by atoms with van der Waals surface area (Å²) in [5.74, 6) is 1.98. The number of carbonyl (C=O) groups is 1. The van der Waals surface area contributed by atoms with Crippen LogP contribution in [0.1, 0.15) is 30.7 Å². The molecule has 1 saturated carbocycles. The maximum Gasteiger partial charge on any atom is 0.230 e. The Hall–Kier alpha value is -3.62. The minimum absolute atomic E-state index is 0.0192. The van der Waals surface area contributed by atoms with E-state index in [4.69, 9.17) is 9.47 Å². The van der Waals surface area contributed by atoms with Gasteiger partial charge in [0.2, 0.25) is 5.91 Å². The fraction of sp³-hybridized carbons (Fsp3) is 0.440. The number of piperazine rings is 1. The fourth-order valence-electron chi connectivity index (χ4n) is 4.60. The molecule has 1 aliphatic carbocycles. The number of H-pyrrole nitrogens is 1. The molecule has 2 heterocycles. The average molecular weight is 463 g/mol. The molecule has 178 valence electrons. The highest BCUT2D eigenvalue weighted by molar-refractivity contribution is 5.78. The molecule has 3 aromatic rings. The number of carbonyl (C=O) groups excluding carboxylic acids is 1. The second kappa shape index (κ2) is 10.1. The number of nitrogens with one attached hydrogen (secondary N) is 1. The molecule has 1 unspecified atom stereocenters. The monoisotopic (exact) mass is 462 g/mol. The first-order valence-corrected chi connectivity index (χ1v) is 11.8. The molecule has 5 rings (SSSR count). The molecule has 2 aromatic carbocycles. The van der Waals surface area contributed by atoms with Crippen LogP contribution in [0.3, 0.4) is 0 Å². The summed E-state index contributed by atoms with van der Waals surface area (Å²) < 4.78 is 11.7. The lowest BCUT2D eigenvalue weighted by Crippen LogP contribution is -2.56. The molecular formula is C25H30N6O3. The van der Waals surface area contributed by atoms with Crippen LogP contribution in [0, 0.1) is 0 Å². The van der Waals surface area contributed by atoms with Crippen LogP contribution in [-0.2, 0) is 17.6 Å². The zero-order valence-electron chi connectivity index (χ0n) is 19.4. The van der Waals surface area contributed by atoms with Gasteiger partial charge < -0.3 is 19.3 Å². The second-order valence-electron chi connectivity index (χ2n) is 8.89. The molecule has 2 aliphatic rings. The van der Waals surface area contributed by atoms with Gasteiger partial charge in [0.25, 0.3) is 0 Å². The molecule has 1 atom stereocenters. The first kappa shape index (κ1) is 22.2. The molecule has 1 N–H and O–H groups in total. The quantitative estimate of drug-likeness (QED) is 0.550. The van der Waals surface area contributed by atoms with Crippen molar-refractivity contribution in [2.24, 2.45) is 0 Å². The van der Waals surface area contributed by atoms with Gasteiger partial charge in [-0.3, -0.25) is 4.79 Å². The van der Waals surface area contributed by atoms with Crippen LogP contribution >= 0.6 is 0 Å². The van der Waals surface area contributed by atoms with E-state index in [2.05, 4.69) is 49.8 Å². The maximum absolute atomic E-state index is 13.2. The number of aromatic nitrogens is 4. The average Bonchev–Trinajstić information content (AvgIpc) is 3.35. The van der Waals surface area contributed by atoms with Crippen LogP contribution in [0.15, 0.2) is 48.5 Å². The Bertz CT molecular complexity index is 1090. The number of benzene rings is 2. The van der Waals surface area contributed by atoms with E-state index in [1.54, 1.807) is 7.11 Å². The molecule has 1 aliphatic heterocycles. The van der Waals surface area contributed by atoms with Gasteiger partial charge in [0.05, 0.1) is 25.7 Å². The van der Waals surface area contributed by atoms with E-state index in [9.17, 15) is 4.79 Å². The number of tetrazole rings is 1. The van der Waals surface area contributed by atoms with Crippen molar-refractivity contribution < 1.29 is 14.3 Å². The van der Waals surface area contributed by atoms with Crippen molar-refractivity contribution in [3.63, 3.8) is 0 Å². The molecule has 1 aromatic heterocycles. The fourth-order valence-corrected chi connectivity index (χ4v) is 4.60. The topological polar surface area (TPSA) is 96.5 Å². The normalized spacial score (nSPS) is 18.4. The summed E-state index contributed by atoms with van der Waals surface area (Å²) in [6.45, 7) is 2.08. The van der Waals surface area contributed by atoms with Crippen LogP contribution < -0.4 is 14.4 Å². The molecule has 1 saturated heterocycles. The molecule has 0 radical (unpaired) electrons. The molecule has 2 fully saturated rings. The SMILES string of the molecule is COc1ccc(N2CCN(C(=O)Cc3nn[nH]n3)C(Cc3ccccc3)C2)cc1OC1CCC1. The third-order valence-corrected chi connectivity index (χ3v) is 6.67. The number of aromatic amines is 1. The van der Waals surface area contributed by atoms with Crippen LogP contribution in [0.5, 0.6) is 11.5 Å². The summed E-state index contributed by atoms with van der Waals surface area (Å²) in [6.07, 6.45) is 4.59. The predicted octanol–water partition coefficient (Wildman–Crippen LogP) is 2.64. The number of ether oxygens (including phenoxy) is 2. The number of nitrogens with zero attached hydrogens (tertiary/aromatic N) is 5. The van der Waals surface area contributed by atoms with Crippen LogP contribution in [0.4, 0.5) is 5.69 Å². The molecule has 1 amide bonds. The Balaban J connectivity index is 1.35. The van der Waals surface area contributed by atoms with E-state index in [1.165, 1.54) is 12.0 Å². The van der Waals surface area contributed by atoms with E-state index in [-0.39, 0.29) is 24.5 Å². The summed E-state index contributed by atoms with van der Waals surface area (Å²) >= 11 is 0. The van der Waals surface area contributed by atoms with Gasteiger partial charge in [-0.2, -0.15) is 5.21 Å². The van der Waals surface area contributed by atoms with E-state index in [1.807, 2.05) is 29.2 Å². The minimum Gasteiger partial charge on any atom is -0.493 e. The molecule has 34 heavy (non-hydrogen) atoms. The zero-order valence-corrected chi connectivity index (χ0v) is 19.4. The van der Waals surface area contributed by atoms with E-state index < -0.39 is 0 Å². The Morgan fingerprint density at radius 1 is 1.12 bits per heavy atom. The summed E-state index contributed by atoms with van der Waals surface area (Å²) in [4.78, 5) is 17.5. The summed E-state index contributed by atoms with van der Waals surface area (Å²) in [7, 11) is 1.67. The van der Waals surface area contributed by atoms with Crippen molar-refractivity contribution in [3.05, 3.63) is 59.9 Å². The number of anilines is 1. The Morgan fingerprint density at radius 2 is 1.97 bits per heavy atom. The van der Waals surface area contributed by atoms with Gasteiger partial charge >= 0.3 is 0 Å². The number of rotatable bonds is 8. The Kier molecular flexibility index (Phi) is 6.60. The molecule has 9 heteroatoms. The van der Waals surface area contributed by atoms with Gasteiger partial charge in [-0.15, -0.1) is 10.2 Å². The molecule has 0 bridgehead atoms. The predicted molar refractivity (Wildman–Crippen MR) is 127 cm³/mol. The lowest BCUT2D eigenvalue weighted by Gasteiger charge is -2.43. The highest BCUT2D eigenvalue weighted by atomic mass is 16.5. The number of amides is 1. The third-order valence-electron chi connectivity index (χ3n) is 6.67. The van der Waals surface area contributed by atoms with Crippen molar-refractivity contribution in [2.45, 2.75) is 44.2 Å². The number of hydrogen-bond acceptors (Lipinski definition) is 7. The largest absolute Gasteiger partial charge is 0.493 e. The van der Waals surface area contributed by atoms with Gasteiger partial charge in [-0.25, -0.2) is 0 Å². The van der Waals surface area contributed by atoms with Gasteiger partial charge in [0.15, 0.2) is 17.3 Å². The molecular weight excluding hydrogens is 432 g/mol. The van der Waals surface area contributed by atoms with E-state index in [0.717, 1.165) is 49.5 Å². The first-order chi connectivity index (χ1) is 16.7. The third kappa shape index (κ3) is 4.98. The minimum atomic E-state index is 0.0192. The van der Waals surface area contributed by atoms with Crippen LogP contribution in [0.2, 0.25) is 0 Å². The van der Waals surface area contributed by atoms with Gasteiger partial charge in [-0.1, -0.05) is 35.5 Å². The van der Waals surface area contributed by atoms with Crippen molar-refractivity contribution in [3.8, 4) is 11.5 Å². The summed E-state index contributed by atoms with van der Waals surface area (Å²) in [5.41, 5.74) is 2.29. The van der Waals surface area contributed by atoms with Crippen LogP contribution in [0.25, 0.3) is 0 Å². The summed E-state index contributed by atoms with van der Waals surface area (Å²) in [6, 6.07) is 16.5. The van der Waals surface area contributed by atoms with Crippen molar-refractivity contribution >= 4 is 11.6 Å². The Labute approximate surface area is 199 Å².